The van der Waals surface area contributed by atoms with Gasteiger partial charge in [0, 0.05) is 36.0 Å². The van der Waals surface area contributed by atoms with Gasteiger partial charge in [0.05, 0.1) is 0 Å². The van der Waals surface area contributed by atoms with Crippen molar-refractivity contribution in [2.45, 2.75) is 18.3 Å². The van der Waals surface area contributed by atoms with Crippen molar-refractivity contribution in [3.63, 3.8) is 0 Å². The maximum absolute atomic E-state index is 12.2. The highest BCUT2D eigenvalue weighted by Gasteiger charge is 2.30. The first-order chi connectivity index (χ1) is 9.34. The molecule has 1 fully saturated rings. The van der Waals surface area contributed by atoms with Gasteiger partial charge in [0.25, 0.3) is 0 Å². The maximum Gasteiger partial charge on any atom is 0.224 e. The molecule has 0 saturated carbocycles. The lowest BCUT2D eigenvalue weighted by molar-refractivity contribution is -0.132. The van der Waals surface area contributed by atoms with Gasteiger partial charge < -0.3 is 4.90 Å². The van der Waals surface area contributed by atoms with Crippen molar-refractivity contribution in [2.75, 3.05) is 5.75 Å². The Hall–Kier alpha value is -1.33. The molecular formula is C14H14N2OS2. The molecule has 1 atom stereocenters. The number of amides is 1. The minimum Gasteiger partial charge on any atom is -0.321 e. The van der Waals surface area contributed by atoms with Crippen LogP contribution in [0.15, 0.2) is 42.0 Å². The molecular weight excluding hydrogens is 276 g/mol. The molecule has 0 spiro atoms. The molecule has 1 amide bonds. The Morgan fingerprint density at radius 2 is 2.16 bits per heavy atom. The lowest BCUT2D eigenvalue weighted by atomic mass is 10.2. The first-order valence-electron chi connectivity index (χ1n) is 6.18. The minimum atomic E-state index is 0.161. The third-order valence-electron chi connectivity index (χ3n) is 3.08. The lowest BCUT2D eigenvalue weighted by Gasteiger charge is -2.34. The van der Waals surface area contributed by atoms with Crippen molar-refractivity contribution < 1.29 is 4.79 Å². The van der Waals surface area contributed by atoms with E-state index in [0.29, 0.717) is 13.0 Å². The van der Waals surface area contributed by atoms with Crippen molar-refractivity contribution in [3.8, 4) is 0 Å². The predicted octanol–water partition coefficient (Wildman–Crippen LogP) is 3.31. The molecule has 3 nitrogen and oxygen atoms in total. The second-order valence-corrected chi connectivity index (χ2v) is 6.53. The van der Waals surface area contributed by atoms with Crippen molar-refractivity contribution in [3.05, 3.63) is 52.5 Å². The van der Waals surface area contributed by atoms with Crippen LogP contribution >= 0.6 is 23.1 Å². The molecule has 0 aliphatic carbocycles. The highest BCUT2D eigenvalue weighted by atomic mass is 32.2. The van der Waals surface area contributed by atoms with Crippen LogP contribution in [0.2, 0.25) is 0 Å². The molecule has 1 aliphatic rings. The Labute approximate surface area is 120 Å². The van der Waals surface area contributed by atoms with Crippen molar-refractivity contribution in [1.29, 1.82) is 0 Å². The topological polar surface area (TPSA) is 33.2 Å². The first kappa shape index (κ1) is 12.7. The molecule has 98 valence electrons. The molecule has 2 aromatic rings. The first-order valence-corrected chi connectivity index (χ1v) is 8.11. The summed E-state index contributed by atoms with van der Waals surface area (Å²) in [5, 5.41) is 2.23. The number of thioether (sulfide) groups is 1. The SMILES string of the molecule is O=C1CCSC(c2cccs2)N1Cc1ccncc1. The monoisotopic (exact) mass is 290 g/mol. The summed E-state index contributed by atoms with van der Waals surface area (Å²) < 4.78 is 0. The van der Waals surface area contributed by atoms with E-state index >= 15 is 0 Å². The second kappa shape index (κ2) is 5.75. The number of pyridine rings is 1. The van der Waals surface area contributed by atoms with E-state index in [-0.39, 0.29) is 11.3 Å². The van der Waals surface area contributed by atoms with Crippen LogP contribution in [0.5, 0.6) is 0 Å². The maximum atomic E-state index is 12.2. The second-order valence-electron chi connectivity index (χ2n) is 4.37. The van der Waals surface area contributed by atoms with Gasteiger partial charge in [0.15, 0.2) is 0 Å². The highest BCUT2D eigenvalue weighted by molar-refractivity contribution is 7.99. The van der Waals surface area contributed by atoms with Crippen LogP contribution in [0.25, 0.3) is 0 Å². The zero-order chi connectivity index (χ0) is 13.1. The molecule has 2 aromatic heterocycles. The van der Waals surface area contributed by atoms with E-state index in [1.807, 2.05) is 34.9 Å². The summed E-state index contributed by atoms with van der Waals surface area (Å²) in [6, 6.07) is 8.10. The number of carbonyl (C=O) groups excluding carboxylic acids is 1. The van der Waals surface area contributed by atoms with Crippen LogP contribution in [0, 0.1) is 0 Å². The van der Waals surface area contributed by atoms with Gasteiger partial charge in [-0.1, -0.05) is 6.07 Å². The summed E-state index contributed by atoms with van der Waals surface area (Å²) in [5.41, 5.74) is 1.13. The Kier molecular flexibility index (Phi) is 3.84. The number of thiophene rings is 1. The zero-order valence-corrected chi connectivity index (χ0v) is 12.0. The van der Waals surface area contributed by atoms with Gasteiger partial charge in [-0.15, -0.1) is 23.1 Å². The van der Waals surface area contributed by atoms with Gasteiger partial charge in [-0.25, -0.2) is 0 Å². The summed E-state index contributed by atoms with van der Waals surface area (Å²) in [7, 11) is 0. The van der Waals surface area contributed by atoms with E-state index in [9.17, 15) is 4.79 Å². The third kappa shape index (κ3) is 2.82. The molecule has 1 aliphatic heterocycles. The molecule has 0 aromatic carbocycles. The van der Waals surface area contributed by atoms with E-state index in [4.69, 9.17) is 0 Å². The summed E-state index contributed by atoms with van der Waals surface area (Å²) in [6.45, 7) is 0.664. The van der Waals surface area contributed by atoms with Gasteiger partial charge in [0.1, 0.15) is 5.37 Å². The smallest absolute Gasteiger partial charge is 0.224 e. The normalized spacial score (nSPS) is 19.7. The van der Waals surface area contributed by atoms with E-state index in [1.54, 1.807) is 23.7 Å². The molecule has 0 bridgehead atoms. The van der Waals surface area contributed by atoms with Crippen molar-refractivity contribution >= 4 is 29.0 Å². The van der Waals surface area contributed by atoms with E-state index < -0.39 is 0 Å². The lowest BCUT2D eigenvalue weighted by Crippen LogP contribution is -2.36. The highest BCUT2D eigenvalue weighted by Crippen LogP contribution is 2.40. The Bertz CT molecular complexity index is 542. The molecule has 1 saturated heterocycles. The van der Waals surface area contributed by atoms with Crippen molar-refractivity contribution in [1.82, 2.24) is 9.88 Å². The van der Waals surface area contributed by atoms with E-state index in [1.165, 1.54) is 4.88 Å². The van der Waals surface area contributed by atoms with Gasteiger partial charge in [-0.2, -0.15) is 0 Å². The fraction of sp³-hybridized carbons (Fsp3) is 0.286. The standard InChI is InChI=1S/C14H14N2OS2/c17-13-5-9-19-14(12-2-1-8-18-12)16(13)10-11-3-6-15-7-4-11/h1-4,6-8,14H,5,9-10H2. The number of aromatic nitrogens is 1. The van der Waals surface area contributed by atoms with E-state index in [0.717, 1.165) is 11.3 Å². The Morgan fingerprint density at radius 1 is 1.32 bits per heavy atom. The Balaban J connectivity index is 1.84. The van der Waals surface area contributed by atoms with Crippen molar-refractivity contribution in [2.24, 2.45) is 0 Å². The largest absolute Gasteiger partial charge is 0.321 e. The average Bonchev–Trinajstić information content (AvgIpc) is 2.96. The predicted molar refractivity (Wildman–Crippen MR) is 78.9 cm³/mol. The molecule has 5 heteroatoms. The van der Waals surface area contributed by atoms with E-state index in [2.05, 4.69) is 16.4 Å². The Morgan fingerprint density at radius 3 is 2.89 bits per heavy atom. The molecule has 1 unspecified atom stereocenters. The molecule has 3 rings (SSSR count). The van der Waals surface area contributed by atoms with Crippen LogP contribution in [-0.4, -0.2) is 21.5 Å². The number of carbonyl (C=O) groups is 1. The minimum absolute atomic E-state index is 0.161. The zero-order valence-electron chi connectivity index (χ0n) is 10.4. The number of hydrogen-bond donors (Lipinski definition) is 0. The quantitative estimate of drug-likeness (QED) is 0.869. The van der Waals surface area contributed by atoms with Crippen LogP contribution < -0.4 is 0 Å². The molecule has 0 N–H and O–H groups in total. The number of hydrogen-bond acceptors (Lipinski definition) is 4. The summed E-state index contributed by atoms with van der Waals surface area (Å²) in [6.07, 6.45) is 4.19. The fourth-order valence-electron chi connectivity index (χ4n) is 2.15. The molecule has 3 heterocycles. The van der Waals surface area contributed by atoms with Gasteiger partial charge >= 0.3 is 0 Å². The van der Waals surface area contributed by atoms with Gasteiger partial charge in [-0.3, -0.25) is 9.78 Å². The summed E-state index contributed by atoms with van der Waals surface area (Å²) >= 11 is 3.57. The third-order valence-corrected chi connectivity index (χ3v) is 5.42. The van der Waals surface area contributed by atoms with Gasteiger partial charge in [0.2, 0.25) is 5.91 Å². The van der Waals surface area contributed by atoms with Crippen LogP contribution in [-0.2, 0) is 11.3 Å². The molecule has 19 heavy (non-hydrogen) atoms. The van der Waals surface area contributed by atoms with Gasteiger partial charge in [-0.05, 0) is 29.1 Å². The fourth-order valence-corrected chi connectivity index (χ4v) is 4.36. The summed E-state index contributed by atoms with van der Waals surface area (Å²) in [4.78, 5) is 19.5. The number of nitrogens with zero attached hydrogens (tertiary/aromatic N) is 2. The molecule has 0 radical (unpaired) electrons. The van der Waals surface area contributed by atoms with Crippen LogP contribution in [0.4, 0.5) is 0 Å². The number of rotatable bonds is 3. The van der Waals surface area contributed by atoms with Crippen LogP contribution in [0.3, 0.4) is 0 Å². The van der Waals surface area contributed by atoms with Crippen LogP contribution in [0.1, 0.15) is 22.2 Å². The summed E-state index contributed by atoms with van der Waals surface area (Å²) in [5.74, 6) is 1.16. The average molecular weight is 290 g/mol.